The van der Waals surface area contributed by atoms with Crippen LogP contribution in [0.2, 0.25) is 0 Å². The summed E-state index contributed by atoms with van der Waals surface area (Å²) in [5, 5.41) is 11.9. The highest BCUT2D eigenvalue weighted by atomic mass is 32.2. The molecular formula is C12H17NO4S. The van der Waals surface area contributed by atoms with Crippen molar-refractivity contribution in [3.05, 3.63) is 24.3 Å². The van der Waals surface area contributed by atoms with Gasteiger partial charge in [0.1, 0.15) is 6.04 Å². The van der Waals surface area contributed by atoms with Crippen LogP contribution >= 0.6 is 0 Å². The number of hydrogen-bond acceptors (Lipinski definition) is 4. The van der Waals surface area contributed by atoms with Crippen molar-refractivity contribution >= 4 is 21.5 Å². The number of anilines is 1. The quantitative estimate of drug-likeness (QED) is 0.850. The van der Waals surface area contributed by atoms with Crippen LogP contribution in [0.3, 0.4) is 0 Å². The Morgan fingerprint density at radius 1 is 1.22 bits per heavy atom. The molecule has 0 saturated carbocycles. The van der Waals surface area contributed by atoms with E-state index >= 15 is 0 Å². The second kappa shape index (κ2) is 5.39. The van der Waals surface area contributed by atoms with E-state index in [4.69, 9.17) is 5.11 Å². The fourth-order valence-electron chi connectivity index (χ4n) is 1.49. The Labute approximate surface area is 107 Å². The first kappa shape index (κ1) is 14.5. The molecule has 1 aromatic rings. The van der Waals surface area contributed by atoms with Gasteiger partial charge >= 0.3 is 5.97 Å². The molecule has 0 aliphatic rings. The molecule has 100 valence electrons. The second-order valence-electron chi connectivity index (χ2n) is 4.50. The van der Waals surface area contributed by atoms with E-state index in [0.717, 1.165) is 6.26 Å². The molecule has 0 amide bonds. The van der Waals surface area contributed by atoms with Crippen LogP contribution in [0.1, 0.15) is 13.8 Å². The van der Waals surface area contributed by atoms with Gasteiger partial charge in [-0.3, -0.25) is 0 Å². The van der Waals surface area contributed by atoms with Gasteiger partial charge in [0.05, 0.1) is 4.90 Å². The highest BCUT2D eigenvalue weighted by molar-refractivity contribution is 7.90. The average Bonchev–Trinajstić information content (AvgIpc) is 2.24. The molecule has 0 saturated heterocycles. The molecule has 0 heterocycles. The van der Waals surface area contributed by atoms with Crippen LogP contribution in [0.15, 0.2) is 29.2 Å². The summed E-state index contributed by atoms with van der Waals surface area (Å²) in [6.45, 7) is 3.60. The highest BCUT2D eigenvalue weighted by Crippen LogP contribution is 2.16. The monoisotopic (exact) mass is 271 g/mol. The lowest BCUT2D eigenvalue weighted by molar-refractivity contribution is -0.138. The molecule has 0 aliphatic heterocycles. The molecule has 0 bridgehead atoms. The molecule has 0 radical (unpaired) electrons. The number of carboxylic acid groups (broad SMARTS) is 1. The van der Waals surface area contributed by atoms with Gasteiger partial charge in [0.15, 0.2) is 9.84 Å². The molecule has 2 N–H and O–H groups in total. The fraction of sp³-hybridized carbons (Fsp3) is 0.417. The summed E-state index contributed by atoms with van der Waals surface area (Å²) in [5.74, 6) is -1.01. The van der Waals surface area contributed by atoms with Crippen molar-refractivity contribution in [3.63, 3.8) is 0 Å². The summed E-state index contributed by atoms with van der Waals surface area (Å²) in [6, 6.07) is 5.34. The van der Waals surface area contributed by atoms with Crippen LogP contribution < -0.4 is 5.32 Å². The molecule has 0 spiro atoms. The molecule has 0 aromatic heterocycles. The smallest absolute Gasteiger partial charge is 0.326 e. The Hall–Kier alpha value is -1.56. The first-order chi connectivity index (χ1) is 8.21. The molecule has 18 heavy (non-hydrogen) atoms. The van der Waals surface area contributed by atoms with Crippen LogP contribution in [-0.2, 0) is 14.6 Å². The van der Waals surface area contributed by atoms with E-state index in [-0.39, 0.29) is 10.8 Å². The fourth-order valence-corrected chi connectivity index (χ4v) is 2.12. The SMILES string of the molecule is CC(C)[C@H](Nc1ccc(S(C)(=O)=O)cc1)C(=O)O. The number of aliphatic carboxylic acids is 1. The zero-order valence-electron chi connectivity index (χ0n) is 10.5. The van der Waals surface area contributed by atoms with Crippen LogP contribution in [0.25, 0.3) is 0 Å². The molecular weight excluding hydrogens is 254 g/mol. The van der Waals surface area contributed by atoms with Gasteiger partial charge in [0.2, 0.25) is 0 Å². The third kappa shape index (κ3) is 3.73. The van der Waals surface area contributed by atoms with Gasteiger partial charge in [-0.2, -0.15) is 0 Å². The van der Waals surface area contributed by atoms with E-state index in [1.54, 1.807) is 26.0 Å². The largest absolute Gasteiger partial charge is 0.480 e. The van der Waals surface area contributed by atoms with Crippen LogP contribution in [0, 0.1) is 5.92 Å². The Morgan fingerprint density at radius 2 is 1.72 bits per heavy atom. The Kier molecular flexibility index (Phi) is 4.34. The van der Waals surface area contributed by atoms with Crippen molar-refractivity contribution in [3.8, 4) is 0 Å². The first-order valence-corrected chi connectivity index (χ1v) is 7.40. The predicted molar refractivity (Wildman–Crippen MR) is 69.4 cm³/mol. The van der Waals surface area contributed by atoms with Crippen LogP contribution in [0.4, 0.5) is 5.69 Å². The van der Waals surface area contributed by atoms with Gasteiger partial charge in [-0.25, -0.2) is 13.2 Å². The predicted octanol–water partition coefficient (Wildman–Crippen LogP) is 1.61. The minimum absolute atomic E-state index is 0.0721. The number of rotatable bonds is 5. The van der Waals surface area contributed by atoms with Crippen LogP contribution in [-0.4, -0.2) is 31.8 Å². The third-order valence-electron chi connectivity index (χ3n) is 2.54. The van der Waals surface area contributed by atoms with E-state index in [1.165, 1.54) is 12.1 Å². The minimum Gasteiger partial charge on any atom is -0.480 e. The van der Waals surface area contributed by atoms with E-state index in [9.17, 15) is 13.2 Å². The lowest BCUT2D eigenvalue weighted by Gasteiger charge is -2.19. The van der Waals surface area contributed by atoms with E-state index < -0.39 is 21.8 Å². The topological polar surface area (TPSA) is 83.5 Å². The lowest BCUT2D eigenvalue weighted by Crippen LogP contribution is -2.34. The summed E-state index contributed by atoms with van der Waals surface area (Å²) in [5.41, 5.74) is 0.587. The van der Waals surface area contributed by atoms with Gasteiger partial charge in [-0.05, 0) is 30.2 Å². The lowest BCUT2D eigenvalue weighted by atomic mass is 10.0. The van der Waals surface area contributed by atoms with Gasteiger partial charge in [-0.1, -0.05) is 13.8 Å². The first-order valence-electron chi connectivity index (χ1n) is 5.51. The molecule has 1 aromatic carbocycles. The number of carboxylic acids is 1. The Morgan fingerprint density at radius 3 is 2.06 bits per heavy atom. The molecule has 0 aliphatic carbocycles. The molecule has 6 heteroatoms. The second-order valence-corrected chi connectivity index (χ2v) is 6.52. The van der Waals surface area contributed by atoms with E-state index in [1.807, 2.05) is 0 Å². The summed E-state index contributed by atoms with van der Waals surface area (Å²) in [6.07, 6.45) is 1.13. The van der Waals surface area contributed by atoms with Gasteiger partial charge < -0.3 is 10.4 Å². The summed E-state index contributed by atoms with van der Waals surface area (Å²) < 4.78 is 22.5. The van der Waals surface area contributed by atoms with Gasteiger partial charge in [-0.15, -0.1) is 0 Å². The number of hydrogen-bond donors (Lipinski definition) is 2. The van der Waals surface area contributed by atoms with E-state index in [0.29, 0.717) is 5.69 Å². The summed E-state index contributed by atoms with van der Waals surface area (Å²) in [7, 11) is -3.22. The van der Waals surface area contributed by atoms with Crippen molar-refractivity contribution in [1.29, 1.82) is 0 Å². The normalized spacial score (nSPS) is 13.3. The average molecular weight is 271 g/mol. The molecule has 1 rings (SSSR count). The van der Waals surface area contributed by atoms with Crippen molar-refractivity contribution in [2.45, 2.75) is 24.8 Å². The zero-order chi connectivity index (χ0) is 13.9. The number of sulfone groups is 1. The van der Waals surface area contributed by atoms with Gasteiger partial charge in [0, 0.05) is 11.9 Å². The maximum absolute atomic E-state index is 11.3. The van der Waals surface area contributed by atoms with Crippen molar-refractivity contribution < 1.29 is 18.3 Å². The third-order valence-corrected chi connectivity index (χ3v) is 3.67. The standard InChI is InChI=1S/C12H17NO4S/c1-8(2)11(12(14)15)13-9-4-6-10(7-5-9)18(3,16)17/h4-8,11,13H,1-3H3,(H,14,15)/t11-/m0/s1. The van der Waals surface area contributed by atoms with Crippen molar-refractivity contribution in [1.82, 2.24) is 0 Å². The number of carbonyl (C=O) groups is 1. The number of benzene rings is 1. The maximum atomic E-state index is 11.3. The van der Waals surface area contributed by atoms with Crippen molar-refractivity contribution in [2.75, 3.05) is 11.6 Å². The Bertz CT molecular complexity index is 520. The molecule has 5 nitrogen and oxygen atoms in total. The molecule has 0 unspecified atom stereocenters. The minimum atomic E-state index is -3.22. The van der Waals surface area contributed by atoms with E-state index in [2.05, 4.69) is 5.32 Å². The zero-order valence-corrected chi connectivity index (χ0v) is 11.4. The summed E-state index contributed by atoms with van der Waals surface area (Å²) >= 11 is 0. The van der Waals surface area contributed by atoms with Crippen LogP contribution in [0.5, 0.6) is 0 Å². The van der Waals surface area contributed by atoms with Crippen molar-refractivity contribution in [2.24, 2.45) is 5.92 Å². The number of nitrogens with one attached hydrogen (secondary N) is 1. The summed E-state index contributed by atoms with van der Waals surface area (Å²) in [4.78, 5) is 11.2. The Balaban J connectivity index is 2.90. The maximum Gasteiger partial charge on any atom is 0.326 e. The highest BCUT2D eigenvalue weighted by Gasteiger charge is 2.21. The van der Waals surface area contributed by atoms with Gasteiger partial charge in [0.25, 0.3) is 0 Å². The molecule has 1 atom stereocenters. The molecule has 0 fully saturated rings.